The van der Waals surface area contributed by atoms with Crippen LogP contribution in [-0.2, 0) is 23.0 Å². The molecule has 3 rings (SSSR count). The zero-order chi connectivity index (χ0) is 18.3. The molecule has 0 N–H and O–H groups in total. The van der Waals surface area contributed by atoms with Crippen molar-refractivity contribution in [2.75, 3.05) is 4.90 Å². The molecule has 0 spiro atoms. The molecule has 1 aromatic carbocycles. The molecule has 1 aliphatic heterocycles. The van der Waals surface area contributed by atoms with Gasteiger partial charge in [-0.15, -0.1) is 0 Å². The Hall–Kier alpha value is -2.63. The first-order valence-electron chi connectivity index (χ1n) is 8.43. The Balaban J connectivity index is 1.78. The van der Waals surface area contributed by atoms with Gasteiger partial charge in [0.2, 0.25) is 0 Å². The average molecular weight is 341 g/mol. The van der Waals surface area contributed by atoms with Gasteiger partial charge in [-0.05, 0) is 45.7 Å². The lowest BCUT2D eigenvalue weighted by molar-refractivity contribution is -0.126. The van der Waals surface area contributed by atoms with Crippen molar-refractivity contribution in [3.8, 4) is 0 Å². The first-order chi connectivity index (χ1) is 11.8. The number of para-hydroxylation sites is 1. The summed E-state index contributed by atoms with van der Waals surface area (Å²) in [6.07, 6.45) is -0.0521. The molecule has 132 valence electrons. The van der Waals surface area contributed by atoms with E-state index in [-0.39, 0.29) is 11.9 Å². The van der Waals surface area contributed by atoms with Crippen LogP contribution >= 0.6 is 0 Å². The monoisotopic (exact) mass is 341 g/mol. The number of fused-ring (bicyclic) bond motifs is 1. The minimum absolute atomic E-state index is 0.0490. The Morgan fingerprint density at radius 2 is 1.96 bits per heavy atom. The number of esters is 1. The molecular formula is C19H23N3O3. The SMILES string of the molecule is Cc1nn(C)c(C)c1C(=O)O[C@@H](C)C(=O)N1c2ccccc2C[C@@H]1C. The molecule has 2 heterocycles. The van der Waals surface area contributed by atoms with Crippen LogP contribution in [0.1, 0.15) is 41.2 Å². The Labute approximate surface area is 147 Å². The quantitative estimate of drug-likeness (QED) is 0.805. The maximum Gasteiger partial charge on any atom is 0.342 e. The van der Waals surface area contributed by atoms with Crippen molar-refractivity contribution in [1.29, 1.82) is 0 Å². The summed E-state index contributed by atoms with van der Waals surface area (Å²) in [6.45, 7) is 7.19. The van der Waals surface area contributed by atoms with Gasteiger partial charge in [-0.2, -0.15) is 5.10 Å². The van der Waals surface area contributed by atoms with E-state index in [1.807, 2.05) is 38.1 Å². The Kier molecular flexibility index (Phi) is 4.37. The number of rotatable bonds is 3. The summed E-state index contributed by atoms with van der Waals surface area (Å²) in [5.74, 6) is -0.714. The van der Waals surface area contributed by atoms with Crippen LogP contribution in [0.3, 0.4) is 0 Å². The number of amides is 1. The number of benzene rings is 1. The molecule has 0 radical (unpaired) electrons. The first kappa shape index (κ1) is 17.2. The van der Waals surface area contributed by atoms with E-state index in [4.69, 9.17) is 4.74 Å². The second kappa shape index (κ2) is 6.35. The third kappa shape index (κ3) is 2.92. The predicted molar refractivity (Wildman–Crippen MR) is 94.7 cm³/mol. The van der Waals surface area contributed by atoms with E-state index in [0.717, 1.165) is 23.4 Å². The number of hydrogen-bond donors (Lipinski definition) is 0. The number of aromatic nitrogens is 2. The summed E-state index contributed by atoms with van der Waals surface area (Å²) in [4.78, 5) is 27.1. The van der Waals surface area contributed by atoms with E-state index in [1.165, 1.54) is 0 Å². The minimum Gasteiger partial charge on any atom is -0.449 e. The van der Waals surface area contributed by atoms with Gasteiger partial charge < -0.3 is 9.64 Å². The van der Waals surface area contributed by atoms with Gasteiger partial charge >= 0.3 is 5.97 Å². The number of carbonyl (C=O) groups is 2. The zero-order valence-corrected chi connectivity index (χ0v) is 15.2. The van der Waals surface area contributed by atoms with Crippen LogP contribution in [0, 0.1) is 13.8 Å². The van der Waals surface area contributed by atoms with Gasteiger partial charge in [0.05, 0.1) is 5.69 Å². The van der Waals surface area contributed by atoms with Crippen molar-refractivity contribution in [3.63, 3.8) is 0 Å². The normalized spacial score (nSPS) is 17.3. The number of aryl methyl sites for hydroxylation is 2. The highest BCUT2D eigenvalue weighted by atomic mass is 16.5. The number of hydrogen-bond acceptors (Lipinski definition) is 4. The van der Waals surface area contributed by atoms with E-state index in [0.29, 0.717) is 11.3 Å². The molecule has 0 unspecified atom stereocenters. The Bertz CT molecular complexity index is 840. The molecule has 1 aromatic heterocycles. The van der Waals surface area contributed by atoms with E-state index >= 15 is 0 Å². The van der Waals surface area contributed by atoms with Crippen molar-refractivity contribution in [2.24, 2.45) is 7.05 Å². The number of nitrogens with zero attached hydrogens (tertiary/aromatic N) is 3. The fraction of sp³-hybridized carbons (Fsp3) is 0.421. The Morgan fingerprint density at radius 3 is 2.60 bits per heavy atom. The third-order valence-electron chi connectivity index (χ3n) is 4.79. The molecule has 2 atom stereocenters. The number of carbonyl (C=O) groups excluding carboxylic acids is 2. The fourth-order valence-corrected chi connectivity index (χ4v) is 3.44. The number of anilines is 1. The molecule has 1 aliphatic rings. The van der Waals surface area contributed by atoms with Crippen LogP contribution in [0.5, 0.6) is 0 Å². The van der Waals surface area contributed by atoms with Gasteiger partial charge in [0.15, 0.2) is 6.10 Å². The second-order valence-corrected chi connectivity index (χ2v) is 6.61. The van der Waals surface area contributed by atoms with Gasteiger partial charge in [0, 0.05) is 24.5 Å². The first-order valence-corrected chi connectivity index (χ1v) is 8.43. The van der Waals surface area contributed by atoms with Crippen molar-refractivity contribution in [1.82, 2.24) is 9.78 Å². The molecule has 0 bridgehead atoms. The molecule has 0 aliphatic carbocycles. The summed E-state index contributed by atoms with van der Waals surface area (Å²) in [5, 5.41) is 4.22. The highest BCUT2D eigenvalue weighted by Crippen LogP contribution is 2.32. The van der Waals surface area contributed by atoms with Crippen molar-refractivity contribution in [3.05, 3.63) is 46.8 Å². The van der Waals surface area contributed by atoms with Crippen molar-refractivity contribution < 1.29 is 14.3 Å². The summed E-state index contributed by atoms with van der Waals surface area (Å²) in [6, 6.07) is 7.89. The van der Waals surface area contributed by atoms with Crippen LogP contribution in [-0.4, -0.2) is 33.8 Å². The van der Waals surface area contributed by atoms with Crippen LogP contribution < -0.4 is 4.90 Å². The molecule has 6 nitrogen and oxygen atoms in total. The van der Waals surface area contributed by atoms with Crippen LogP contribution in [0.25, 0.3) is 0 Å². The highest BCUT2D eigenvalue weighted by Gasteiger charge is 2.35. The topological polar surface area (TPSA) is 64.4 Å². The average Bonchev–Trinajstić information content (AvgIpc) is 3.01. The molecule has 1 amide bonds. The van der Waals surface area contributed by atoms with Crippen molar-refractivity contribution in [2.45, 2.75) is 46.3 Å². The molecule has 25 heavy (non-hydrogen) atoms. The number of ether oxygens (including phenoxy) is 1. The van der Waals surface area contributed by atoms with Crippen LogP contribution in [0.15, 0.2) is 24.3 Å². The van der Waals surface area contributed by atoms with E-state index in [9.17, 15) is 9.59 Å². The summed E-state index contributed by atoms with van der Waals surface area (Å²) in [7, 11) is 1.77. The minimum atomic E-state index is -0.861. The molecule has 0 saturated carbocycles. The maximum absolute atomic E-state index is 12.9. The smallest absolute Gasteiger partial charge is 0.342 e. The molecule has 6 heteroatoms. The molecule has 2 aromatic rings. The molecular weight excluding hydrogens is 318 g/mol. The zero-order valence-electron chi connectivity index (χ0n) is 15.2. The summed E-state index contributed by atoms with van der Waals surface area (Å²) < 4.78 is 7.10. The standard InChI is InChI=1S/C19H23N3O3/c1-11-10-15-8-6-7-9-16(15)22(11)18(23)14(4)25-19(24)17-12(2)20-21(5)13(17)3/h6-9,11,14H,10H2,1-5H3/t11-,14-/m0/s1. The van der Waals surface area contributed by atoms with E-state index in [2.05, 4.69) is 5.10 Å². The predicted octanol–water partition coefficient (Wildman–Crippen LogP) is 2.56. The van der Waals surface area contributed by atoms with Gasteiger partial charge in [-0.1, -0.05) is 18.2 Å². The second-order valence-electron chi connectivity index (χ2n) is 6.61. The van der Waals surface area contributed by atoms with Crippen molar-refractivity contribution >= 4 is 17.6 Å². The lowest BCUT2D eigenvalue weighted by Gasteiger charge is -2.26. The molecule has 0 fully saturated rings. The van der Waals surface area contributed by atoms with Gasteiger partial charge in [0.25, 0.3) is 5.91 Å². The van der Waals surface area contributed by atoms with E-state index in [1.54, 1.807) is 30.5 Å². The molecule has 0 saturated heterocycles. The third-order valence-corrected chi connectivity index (χ3v) is 4.79. The largest absolute Gasteiger partial charge is 0.449 e. The lowest BCUT2D eigenvalue weighted by Crippen LogP contribution is -2.43. The lowest BCUT2D eigenvalue weighted by atomic mass is 10.1. The highest BCUT2D eigenvalue weighted by molar-refractivity contribution is 6.01. The van der Waals surface area contributed by atoms with Crippen LogP contribution in [0.4, 0.5) is 5.69 Å². The maximum atomic E-state index is 12.9. The van der Waals surface area contributed by atoms with Gasteiger partial charge in [0.1, 0.15) is 5.56 Å². The summed E-state index contributed by atoms with van der Waals surface area (Å²) in [5.41, 5.74) is 3.79. The van der Waals surface area contributed by atoms with Gasteiger partial charge in [-0.3, -0.25) is 9.48 Å². The Morgan fingerprint density at radius 1 is 1.28 bits per heavy atom. The van der Waals surface area contributed by atoms with E-state index < -0.39 is 12.1 Å². The van der Waals surface area contributed by atoms with Gasteiger partial charge in [-0.25, -0.2) is 4.79 Å². The van der Waals surface area contributed by atoms with Crippen LogP contribution in [0.2, 0.25) is 0 Å². The fourth-order valence-electron chi connectivity index (χ4n) is 3.44. The summed E-state index contributed by atoms with van der Waals surface area (Å²) >= 11 is 0.